The quantitative estimate of drug-likeness (QED) is 0.833. The first-order chi connectivity index (χ1) is 10.1. The minimum atomic E-state index is -0.145. The highest BCUT2D eigenvalue weighted by atomic mass is 35.5. The van der Waals surface area contributed by atoms with Crippen molar-refractivity contribution in [2.45, 2.75) is 13.5 Å². The second kappa shape index (κ2) is 6.99. The normalized spacial score (nSPS) is 10.2. The van der Waals surface area contributed by atoms with Gasteiger partial charge in [-0.1, -0.05) is 23.7 Å². The van der Waals surface area contributed by atoms with Gasteiger partial charge < -0.3 is 15.8 Å². The van der Waals surface area contributed by atoms with Gasteiger partial charge in [-0.25, -0.2) is 0 Å². The van der Waals surface area contributed by atoms with Gasteiger partial charge in [-0.2, -0.15) is 0 Å². The lowest BCUT2D eigenvalue weighted by molar-refractivity contribution is 0.0955. The van der Waals surface area contributed by atoms with Crippen LogP contribution in [0.15, 0.2) is 42.5 Å². The van der Waals surface area contributed by atoms with Gasteiger partial charge in [-0.05, 0) is 42.8 Å². The number of carbonyl (C=O) groups is 1. The van der Waals surface area contributed by atoms with E-state index in [1.807, 2.05) is 19.1 Å². The van der Waals surface area contributed by atoms with Gasteiger partial charge in [0.2, 0.25) is 0 Å². The van der Waals surface area contributed by atoms with Crippen LogP contribution in [-0.4, -0.2) is 12.5 Å². The maximum Gasteiger partial charge on any atom is 0.251 e. The van der Waals surface area contributed by atoms with Gasteiger partial charge >= 0.3 is 0 Å². The number of anilines is 1. The molecule has 2 rings (SSSR count). The molecule has 2 aromatic rings. The monoisotopic (exact) mass is 304 g/mol. The van der Waals surface area contributed by atoms with Crippen molar-refractivity contribution < 1.29 is 9.53 Å². The Labute approximate surface area is 128 Å². The van der Waals surface area contributed by atoms with Crippen LogP contribution in [0.4, 0.5) is 5.69 Å². The molecule has 5 heteroatoms. The second-order valence-electron chi connectivity index (χ2n) is 4.53. The Balaban J connectivity index is 2.10. The predicted molar refractivity (Wildman–Crippen MR) is 84.6 cm³/mol. The molecule has 3 N–H and O–H groups in total. The third kappa shape index (κ3) is 4.13. The third-order valence-electron chi connectivity index (χ3n) is 2.92. The number of halogens is 1. The molecular formula is C16H17ClN2O2. The minimum Gasteiger partial charge on any atom is -0.487 e. The first-order valence-electron chi connectivity index (χ1n) is 6.65. The average molecular weight is 305 g/mol. The number of hydrogen-bond donors (Lipinski definition) is 2. The Morgan fingerprint density at radius 1 is 1.24 bits per heavy atom. The van der Waals surface area contributed by atoms with Crippen LogP contribution in [-0.2, 0) is 6.61 Å². The molecule has 0 saturated carbocycles. The number of hydrogen-bond acceptors (Lipinski definition) is 3. The lowest BCUT2D eigenvalue weighted by Gasteiger charge is -2.11. The molecular weight excluding hydrogens is 288 g/mol. The summed E-state index contributed by atoms with van der Waals surface area (Å²) in [6, 6.07) is 12.4. The topological polar surface area (TPSA) is 64.4 Å². The molecule has 4 nitrogen and oxygen atoms in total. The average Bonchev–Trinajstić information content (AvgIpc) is 2.48. The number of carbonyl (C=O) groups excluding carboxylic acids is 1. The molecule has 0 aliphatic heterocycles. The van der Waals surface area contributed by atoms with Gasteiger partial charge in [0, 0.05) is 17.1 Å². The molecule has 0 radical (unpaired) electrons. The van der Waals surface area contributed by atoms with Crippen molar-refractivity contribution in [1.29, 1.82) is 0 Å². The van der Waals surface area contributed by atoms with Crippen LogP contribution in [0.2, 0.25) is 5.02 Å². The molecule has 0 unspecified atom stereocenters. The van der Waals surface area contributed by atoms with E-state index >= 15 is 0 Å². The fraction of sp³-hybridized carbons (Fsp3) is 0.188. The summed E-state index contributed by atoms with van der Waals surface area (Å²) in [5, 5.41) is 3.42. The van der Waals surface area contributed by atoms with Crippen molar-refractivity contribution in [3.05, 3.63) is 58.6 Å². The number of ether oxygens (including phenoxy) is 1. The summed E-state index contributed by atoms with van der Waals surface area (Å²) in [5.74, 6) is 0.350. The second-order valence-corrected chi connectivity index (χ2v) is 4.96. The molecule has 0 heterocycles. The maximum absolute atomic E-state index is 11.8. The zero-order valence-electron chi connectivity index (χ0n) is 11.7. The summed E-state index contributed by atoms with van der Waals surface area (Å²) in [4.78, 5) is 11.8. The number of amides is 1. The first-order valence-corrected chi connectivity index (χ1v) is 7.03. The fourth-order valence-electron chi connectivity index (χ4n) is 1.80. The third-order valence-corrected chi connectivity index (χ3v) is 3.17. The van der Waals surface area contributed by atoms with E-state index in [1.54, 1.807) is 30.3 Å². The van der Waals surface area contributed by atoms with Crippen LogP contribution >= 0.6 is 11.6 Å². The summed E-state index contributed by atoms with van der Waals surface area (Å²) < 4.78 is 5.68. The Hall–Kier alpha value is -2.20. The van der Waals surface area contributed by atoms with Gasteiger partial charge in [0.15, 0.2) is 0 Å². The molecule has 0 atom stereocenters. The van der Waals surface area contributed by atoms with E-state index in [-0.39, 0.29) is 5.91 Å². The summed E-state index contributed by atoms with van der Waals surface area (Å²) >= 11 is 5.83. The molecule has 0 spiro atoms. The molecule has 0 aliphatic rings. The first kappa shape index (κ1) is 15.2. The molecule has 21 heavy (non-hydrogen) atoms. The largest absolute Gasteiger partial charge is 0.487 e. The Kier molecular flexibility index (Phi) is 5.06. The zero-order chi connectivity index (χ0) is 15.2. The summed E-state index contributed by atoms with van der Waals surface area (Å²) in [6.07, 6.45) is 0. The van der Waals surface area contributed by atoms with Gasteiger partial charge in [-0.3, -0.25) is 4.79 Å². The van der Waals surface area contributed by atoms with E-state index in [1.165, 1.54) is 0 Å². The smallest absolute Gasteiger partial charge is 0.251 e. The van der Waals surface area contributed by atoms with E-state index < -0.39 is 0 Å². The standard InChI is InChI=1S/C16H17ClN2O2/c1-2-19-16(20)12-5-8-14(18)15(9-12)21-10-11-3-6-13(17)7-4-11/h3-9H,2,10,18H2,1H3,(H,19,20). The van der Waals surface area contributed by atoms with E-state index in [0.29, 0.717) is 35.2 Å². The molecule has 0 bridgehead atoms. The number of rotatable bonds is 5. The van der Waals surface area contributed by atoms with E-state index in [2.05, 4.69) is 5.32 Å². The molecule has 0 fully saturated rings. The summed E-state index contributed by atoms with van der Waals surface area (Å²) in [5.41, 5.74) is 7.87. The van der Waals surface area contributed by atoms with Crippen molar-refractivity contribution >= 4 is 23.2 Å². The SMILES string of the molecule is CCNC(=O)c1ccc(N)c(OCc2ccc(Cl)cc2)c1. The lowest BCUT2D eigenvalue weighted by atomic mass is 10.1. The molecule has 0 saturated heterocycles. The predicted octanol–water partition coefficient (Wildman–Crippen LogP) is 3.25. The zero-order valence-corrected chi connectivity index (χ0v) is 12.5. The lowest BCUT2D eigenvalue weighted by Crippen LogP contribution is -2.22. The Morgan fingerprint density at radius 3 is 2.62 bits per heavy atom. The maximum atomic E-state index is 11.8. The van der Waals surface area contributed by atoms with E-state index in [0.717, 1.165) is 5.56 Å². The van der Waals surface area contributed by atoms with E-state index in [4.69, 9.17) is 22.1 Å². The molecule has 1 amide bonds. The Morgan fingerprint density at radius 2 is 1.95 bits per heavy atom. The van der Waals surface area contributed by atoms with Crippen molar-refractivity contribution in [3.63, 3.8) is 0 Å². The molecule has 110 valence electrons. The van der Waals surface area contributed by atoms with Crippen LogP contribution in [0.25, 0.3) is 0 Å². The number of nitrogen functional groups attached to an aromatic ring is 1. The number of nitrogens with two attached hydrogens (primary N) is 1. The van der Waals surface area contributed by atoms with Gasteiger partial charge in [0.1, 0.15) is 12.4 Å². The van der Waals surface area contributed by atoms with Gasteiger partial charge in [0.05, 0.1) is 5.69 Å². The molecule has 0 aliphatic carbocycles. The van der Waals surface area contributed by atoms with Crippen LogP contribution < -0.4 is 15.8 Å². The van der Waals surface area contributed by atoms with Crippen molar-refractivity contribution in [3.8, 4) is 5.75 Å². The number of nitrogens with one attached hydrogen (secondary N) is 1. The van der Waals surface area contributed by atoms with Crippen LogP contribution in [0, 0.1) is 0 Å². The van der Waals surface area contributed by atoms with Crippen LogP contribution in [0.3, 0.4) is 0 Å². The summed E-state index contributed by atoms with van der Waals surface area (Å²) in [6.45, 7) is 2.80. The highest BCUT2D eigenvalue weighted by Crippen LogP contribution is 2.24. The highest BCUT2D eigenvalue weighted by molar-refractivity contribution is 6.30. The van der Waals surface area contributed by atoms with Gasteiger partial charge in [0.25, 0.3) is 5.91 Å². The van der Waals surface area contributed by atoms with Gasteiger partial charge in [-0.15, -0.1) is 0 Å². The van der Waals surface area contributed by atoms with Crippen molar-refractivity contribution in [2.75, 3.05) is 12.3 Å². The Bertz CT molecular complexity index is 627. The minimum absolute atomic E-state index is 0.145. The molecule has 2 aromatic carbocycles. The van der Waals surface area contributed by atoms with Crippen LogP contribution in [0.1, 0.15) is 22.8 Å². The number of benzene rings is 2. The summed E-state index contributed by atoms with van der Waals surface area (Å²) in [7, 11) is 0. The van der Waals surface area contributed by atoms with Crippen molar-refractivity contribution in [1.82, 2.24) is 5.32 Å². The van der Waals surface area contributed by atoms with Crippen LogP contribution in [0.5, 0.6) is 5.75 Å². The van der Waals surface area contributed by atoms with E-state index in [9.17, 15) is 4.79 Å². The molecule has 0 aromatic heterocycles. The van der Waals surface area contributed by atoms with Crippen molar-refractivity contribution in [2.24, 2.45) is 0 Å². The fourth-order valence-corrected chi connectivity index (χ4v) is 1.93. The highest BCUT2D eigenvalue weighted by Gasteiger charge is 2.08.